The van der Waals surface area contributed by atoms with E-state index < -0.39 is 34.3 Å². The van der Waals surface area contributed by atoms with Gasteiger partial charge in [0, 0.05) is 23.7 Å². The quantitative estimate of drug-likeness (QED) is 0.117. The van der Waals surface area contributed by atoms with Gasteiger partial charge in [0.25, 0.3) is 5.60 Å². The highest BCUT2D eigenvalue weighted by molar-refractivity contribution is 6.33. The van der Waals surface area contributed by atoms with Crippen molar-refractivity contribution in [3.05, 3.63) is 70.4 Å². The molecule has 218 valence electrons. The van der Waals surface area contributed by atoms with E-state index in [2.05, 4.69) is 11.9 Å². The first kappa shape index (κ1) is 29.1. The first-order valence-electron chi connectivity index (χ1n) is 14.8. The average Bonchev–Trinajstić information content (AvgIpc) is 3.48. The summed E-state index contributed by atoms with van der Waals surface area (Å²) >= 11 is 0. The minimum Gasteiger partial charge on any atom is -0.456 e. The number of ether oxygens (including phenoxy) is 2. The maximum Gasteiger partial charge on any atom is 0.350 e. The van der Waals surface area contributed by atoms with Crippen molar-refractivity contribution < 1.29 is 29.0 Å². The molecule has 1 aromatic heterocycles. The van der Waals surface area contributed by atoms with E-state index >= 15 is 0 Å². The van der Waals surface area contributed by atoms with Gasteiger partial charge >= 0.3 is 5.97 Å². The number of unbranched alkanes of at least 4 members (excludes halogenated alkanes) is 2. The Bertz CT molecular complexity index is 1380. The van der Waals surface area contributed by atoms with E-state index in [9.17, 15) is 19.5 Å². The van der Waals surface area contributed by atoms with Gasteiger partial charge in [0.1, 0.15) is 11.4 Å². The van der Waals surface area contributed by atoms with Crippen LogP contribution in [0.5, 0.6) is 0 Å². The number of pyridine rings is 1. The van der Waals surface area contributed by atoms with Crippen LogP contribution in [0.25, 0.3) is 0 Å². The summed E-state index contributed by atoms with van der Waals surface area (Å²) < 4.78 is 12.4. The summed E-state index contributed by atoms with van der Waals surface area (Å²) in [6.45, 7) is 3.69. The summed E-state index contributed by atoms with van der Waals surface area (Å²) in [6.07, 6.45) is 9.95. The number of anilines is 1. The van der Waals surface area contributed by atoms with Crippen molar-refractivity contribution in [1.29, 1.82) is 0 Å². The number of esters is 1. The zero-order chi connectivity index (χ0) is 29.3. The van der Waals surface area contributed by atoms with E-state index in [0.29, 0.717) is 24.2 Å². The predicted molar refractivity (Wildman–Crippen MR) is 154 cm³/mol. The molecule has 41 heavy (non-hydrogen) atoms. The molecule has 8 heteroatoms. The fourth-order valence-electron chi connectivity index (χ4n) is 6.69. The highest BCUT2D eigenvalue weighted by Crippen LogP contribution is 2.60. The van der Waals surface area contributed by atoms with Crippen LogP contribution in [-0.4, -0.2) is 51.0 Å². The fourth-order valence-corrected chi connectivity index (χ4v) is 6.69. The summed E-state index contributed by atoms with van der Waals surface area (Å²) in [7, 11) is 0. The highest BCUT2D eigenvalue weighted by Gasteiger charge is 2.86. The summed E-state index contributed by atoms with van der Waals surface area (Å²) in [5, 5.41) is 10.4. The molecule has 1 aliphatic heterocycles. The summed E-state index contributed by atoms with van der Waals surface area (Å²) in [4.78, 5) is 46.2. The minimum atomic E-state index is -2.04. The van der Waals surface area contributed by atoms with Crippen LogP contribution in [0, 0.1) is 0 Å². The minimum absolute atomic E-state index is 0.0648. The number of hydrogen-bond donors (Lipinski definition) is 2. The lowest BCUT2D eigenvalue weighted by Gasteiger charge is -2.32. The number of aromatic nitrogens is 1. The summed E-state index contributed by atoms with van der Waals surface area (Å²) in [6, 6.07) is 10.2. The third-order valence-corrected chi connectivity index (χ3v) is 9.20. The van der Waals surface area contributed by atoms with Gasteiger partial charge in [0.2, 0.25) is 5.78 Å². The van der Waals surface area contributed by atoms with Crippen LogP contribution in [-0.2, 0) is 20.7 Å². The number of fused-ring (bicyclic) bond motifs is 2. The van der Waals surface area contributed by atoms with E-state index in [1.165, 1.54) is 0 Å². The van der Waals surface area contributed by atoms with Crippen LogP contribution in [0.3, 0.4) is 0 Å². The van der Waals surface area contributed by atoms with Gasteiger partial charge in [-0.3, -0.25) is 9.59 Å². The van der Waals surface area contributed by atoms with Crippen LogP contribution in [0.2, 0.25) is 0 Å². The Kier molecular flexibility index (Phi) is 8.17. The predicted octanol–water partition coefficient (Wildman–Crippen LogP) is 5.32. The van der Waals surface area contributed by atoms with Crippen molar-refractivity contribution in [3.63, 3.8) is 0 Å². The number of aryl methyl sites for hydroxylation is 1. The standard InChI is InChI=1S/C33H40N2O6/c1-3-4-7-15-31(16-8-9-17-31)40-30(39)33-29(38)26-11-6-5-10-25(26)28(37)32(33,41-33)20-24(21-36)22(2)12-13-23-14-18-35-27(34)19-23/h5-6,10-11,14,18-19,36H,3-4,7-9,12-13,15-17,20-21H2,1-2H3,(H2,34,35). The second-order valence-corrected chi connectivity index (χ2v) is 11.9. The summed E-state index contributed by atoms with van der Waals surface area (Å²) in [5.74, 6) is -1.30. The number of epoxide rings is 1. The molecule has 2 fully saturated rings. The molecule has 3 N–H and O–H groups in total. The van der Waals surface area contributed by atoms with Gasteiger partial charge in [-0.1, -0.05) is 49.6 Å². The van der Waals surface area contributed by atoms with Gasteiger partial charge in [-0.2, -0.15) is 0 Å². The van der Waals surface area contributed by atoms with Crippen molar-refractivity contribution in [1.82, 2.24) is 4.98 Å². The van der Waals surface area contributed by atoms with Crippen molar-refractivity contribution in [3.8, 4) is 0 Å². The lowest BCUT2D eigenvalue weighted by molar-refractivity contribution is -0.164. The number of benzene rings is 1. The second kappa shape index (κ2) is 11.5. The van der Waals surface area contributed by atoms with Crippen molar-refractivity contribution in [2.75, 3.05) is 12.3 Å². The Balaban J connectivity index is 1.47. The lowest BCUT2D eigenvalue weighted by atomic mass is 9.71. The number of allylic oxidation sites excluding steroid dienone is 1. The molecule has 2 heterocycles. The summed E-state index contributed by atoms with van der Waals surface area (Å²) in [5.41, 5.74) is 4.23. The number of carbonyl (C=O) groups excluding carboxylic acids is 3. The van der Waals surface area contributed by atoms with Gasteiger partial charge < -0.3 is 20.3 Å². The molecule has 8 nitrogen and oxygen atoms in total. The molecule has 2 aromatic rings. The lowest BCUT2D eigenvalue weighted by Crippen LogP contribution is -2.52. The van der Waals surface area contributed by atoms with Gasteiger partial charge in [-0.25, -0.2) is 9.78 Å². The Morgan fingerprint density at radius 3 is 2.46 bits per heavy atom. The number of rotatable bonds is 12. The number of aliphatic hydroxyl groups is 1. The maximum absolute atomic E-state index is 14.1. The first-order chi connectivity index (χ1) is 19.7. The molecule has 2 unspecified atom stereocenters. The Morgan fingerprint density at radius 2 is 1.80 bits per heavy atom. The number of carbonyl (C=O) groups is 3. The molecular weight excluding hydrogens is 520 g/mol. The van der Waals surface area contributed by atoms with Crippen molar-refractivity contribution in [2.24, 2.45) is 0 Å². The molecule has 3 aliphatic rings. The Hall–Kier alpha value is -3.36. The number of ketones is 2. The number of nitrogens with two attached hydrogens (primary N) is 1. The van der Waals surface area contributed by atoms with E-state index in [-0.39, 0.29) is 24.2 Å². The monoisotopic (exact) mass is 560 g/mol. The Morgan fingerprint density at radius 1 is 1.10 bits per heavy atom. The maximum atomic E-state index is 14.1. The fraction of sp³-hybridized carbons (Fsp3) is 0.515. The first-order valence-corrected chi connectivity index (χ1v) is 14.8. The van der Waals surface area contributed by atoms with Crippen LogP contribution < -0.4 is 5.73 Å². The topological polar surface area (TPSA) is 132 Å². The number of nitrogens with zero attached hydrogens (tertiary/aromatic N) is 1. The number of Topliss-reactive ketones (excluding diaryl/α,β-unsaturated/α-hetero) is 2. The molecule has 2 atom stereocenters. The van der Waals surface area contributed by atoms with Gasteiger partial charge in [0.15, 0.2) is 11.4 Å². The second-order valence-electron chi connectivity index (χ2n) is 11.9. The number of nitrogen functional groups attached to an aromatic ring is 1. The third-order valence-electron chi connectivity index (χ3n) is 9.20. The van der Waals surface area contributed by atoms with Crippen molar-refractivity contribution in [2.45, 2.75) is 101 Å². The molecule has 0 bridgehead atoms. The molecule has 2 aliphatic carbocycles. The number of aliphatic hydroxyl groups excluding tert-OH is 1. The zero-order valence-corrected chi connectivity index (χ0v) is 24.0. The van der Waals surface area contributed by atoms with Gasteiger partial charge in [0.05, 0.1) is 6.61 Å². The molecular formula is C33H40N2O6. The zero-order valence-electron chi connectivity index (χ0n) is 24.0. The largest absolute Gasteiger partial charge is 0.456 e. The highest BCUT2D eigenvalue weighted by atomic mass is 16.7. The molecule has 1 saturated carbocycles. The van der Waals surface area contributed by atoms with Gasteiger partial charge in [-0.05, 0) is 81.6 Å². The van der Waals surface area contributed by atoms with Crippen LogP contribution in [0.1, 0.15) is 104 Å². The average molecular weight is 561 g/mol. The molecule has 1 saturated heterocycles. The molecule has 0 amide bonds. The number of hydrogen-bond acceptors (Lipinski definition) is 8. The van der Waals surface area contributed by atoms with Crippen LogP contribution in [0.4, 0.5) is 5.82 Å². The van der Waals surface area contributed by atoms with Crippen molar-refractivity contribution >= 4 is 23.4 Å². The molecule has 0 spiro atoms. The van der Waals surface area contributed by atoms with E-state index in [1.807, 2.05) is 13.0 Å². The molecule has 5 rings (SSSR count). The van der Waals surface area contributed by atoms with Crippen LogP contribution >= 0.6 is 0 Å². The normalized spacial score (nSPS) is 24.9. The smallest absolute Gasteiger partial charge is 0.350 e. The molecule has 0 radical (unpaired) electrons. The Labute approximate surface area is 241 Å². The van der Waals surface area contributed by atoms with Crippen LogP contribution in [0.15, 0.2) is 53.7 Å². The molecule has 1 aromatic carbocycles. The van der Waals surface area contributed by atoms with E-state index in [4.69, 9.17) is 15.2 Å². The van der Waals surface area contributed by atoms with E-state index in [1.54, 1.807) is 36.5 Å². The third kappa shape index (κ3) is 5.12. The van der Waals surface area contributed by atoms with E-state index in [0.717, 1.165) is 62.5 Å². The van der Waals surface area contributed by atoms with Gasteiger partial charge in [-0.15, -0.1) is 0 Å². The SMILES string of the molecule is CCCCCC1(OC(=O)C23OC2(CC(CO)=C(C)CCc2ccnc(N)c2)C(=O)c2ccccc2C3=O)CCCC1.